The summed E-state index contributed by atoms with van der Waals surface area (Å²) >= 11 is 0. The molecule has 0 amide bonds. The fourth-order valence-electron chi connectivity index (χ4n) is 9.53. The van der Waals surface area contributed by atoms with Crippen LogP contribution in [0.2, 0.25) is 0 Å². The largest absolute Gasteiger partial charge is 0.465 e. The Morgan fingerprint density at radius 1 is 1.03 bits per heavy atom. The first kappa shape index (κ1) is 26.4. The quantitative estimate of drug-likeness (QED) is 0.443. The molecule has 4 aliphatic rings. The monoisotopic (exact) mass is 478 g/mol. The van der Waals surface area contributed by atoms with Gasteiger partial charge in [-0.15, -0.1) is 0 Å². The Labute approximate surface area is 207 Å². The Balaban J connectivity index is 1.61. The normalized spacial score (nSPS) is 47.0. The van der Waals surface area contributed by atoms with E-state index >= 15 is 0 Å². The van der Waals surface area contributed by atoms with Gasteiger partial charge in [-0.1, -0.05) is 47.0 Å². The molecule has 0 aromatic heterocycles. The molecule has 0 heterocycles. The number of hydrogen-bond acceptors (Lipinski definition) is 5. The molecule has 3 N–H and O–H groups in total. The van der Waals surface area contributed by atoms with Gasteiger partial charge in [0.2, 0.25) is 0 Å². The molecule has 10 atom stereocenters. The average molecular weight is 479 g/mol. The van der Waals surface area contributed by atoms with Crippen LogP contribution in [0.4, 0.5) is 0 Å². The molecular weight excluding hydrogens is 428 g/mol. The van der Waals surface area contributed by atoms with Crippen LogP contribution < -0.4 is 0 Å². The number of aliphatic hydroxyl groups excluding tert-OH is 2. The molecule has 5 nitrogen and oxygen atoms in total. The lowest BCUT2D eigenvalue weighted by Gasteiger charge is -2.65. The van der Waals surface area contributed by atoms with Crippen molar-refractivity contribution in [2.45, 2.75) is 123 Å². The van der Waals surface area contributed by atoms with E-state index in [1.807, 2.05) is 0 Å². The van der Waals surface area contributed by atoms with Crippen molar-refractivity contribution in [2.75, 3.05) is 6.61 Å². The summed E-state index contributed by atoms with van der Waals surface area (Å²) in [6, 6.07) is 0. The minimum Gasteiger partial charge on any atom is -0.465 e. The summed E-state index contributed by atoms with van der Waals surface area (Å²) in [5.41, 5.74) is -1.59. The highest BCUT2D eigenvalue weighted by Crippen LogP contribution is 2.69. The van der Waals surface area contributed by atoms with Crippen LogP contribution in [0.5, 0.6) is 0 Å². The minimum atomic E-state index is -1.20. The lowest BCUT2D eigenvalue weighted by Crippen LogP contribution is -2.69. The molecule has 4 aliphatic carbocycles. The third-order valence-corrected chi connectivity index (χ3v) is 11.3. The van der Waals surface area contributed by atoms with Crippen molar-refractivity contribution in [3.05, 3.63) is 0 Å². The molecule has 0 saturated heterocycles. The van der Waals surface area contributed by atoms with Crippen molar-refractivity contribution in [1.82, 2.24) is 0 Å². The van der Waals surface area contributed by atoms with Gasteiger partial charge in [-0.3, -0.25) is 4.79 Å². The van der Waals surface area contributed by atoms with E-state index in [-0.39, 0.29) is 23.2 Å². The first-order valence-electron chi connectivity index (χ1n) is 14.2. The second-order valence-corrected chi connectivity index (χ2v) is 13.4. The van der Waals surface area contributed by atoms with Crippen LogP contribution in [-0.4, -0.2) is 45.7 Å². The summed E-state index contributed by atoms with van der Waals surface area (Å²) in [5.74, 6) is 2.79. The zero-order valence-corrected chi connectivity index (χ0v) is 22.3. The Morgan fingerprint density at radius 2 is 1.76 bits per heavy atom. The summed E-state index contributed by atoms with van der Waals surface area (Å²) in [7, 11) is 0. The highest BCUT2D eigenvalue weighted by atomic mass is 16.5. The van der Waals surface area contributed by atoms with E-state index < -0.39 is 17.8 Å². The number of hydrogen-bond donors (Lipinski definition) is 3. The second-order valence-electron chi connectivity index (χ2n) is 13.4. The molecule has 196 valence electrons. The first-order valence-corrected chi connectivity index (χ1v) is 14.2. The maximum absolute atomic E-state index is 11.9. The number of carbonyl (C=O) groups excluding carboxylic acids is 1. The lowest BCUT2D eigenvalue weighted by atomic mass is 9.42. The van der Waals surface area contributed by atoms with E-state index in [1.165, 1.54) is 32.6 Å². The fourth-order valence-corrected chi connectivity index (χ4v) is 9.53. The zero-order valence-electron chi connectivity index (χ0n) is 22.3. The number of esters is 1. The Morgan fingerprint density at radius 3 is 2.44 bits per heavy atom. The van der Waals surface area contributed by atoms with Crippen molar-refractivity contribution in [2.24, 2.45) is 46.3 Å². The summed E-state index contributed by atoms with van der Waals surface area (Å²) in [4.78, 5) is 11.9. The molecule has 4 saturated carbocycles. The van der Waals surface area contributed by atoms with Crippen molar-refractivity contribution in [3.8, 4) is 0 Å². The summed E-state index contributed by atoms with van der Waals surface area (Å²) in [5, 5.41) is 33.4. The summed E-state index contributed by atoms with van der Waals surface area (Å²) in [6.45, 7) is 11.2. The standard InChI is InChI=1S/C29H50O5/c1-18(2)7-6-8-19(3)23-9-10-25-22-15-26(32)29(33)16-21(31)11-13-27(29,5)24(22)12-14-28(23,25)17-34-20(4)30/h18-19,21-26,31-33H,6-17H2,1-5H3/t19-,21+,22?,23-,24?,25?,26-,27-,28+,29+/m1/s1. The van der Waals surface area contributed by atoms with Gasteiger partial charge < -0.3 is 20.1 Å². The van der Waals surface area contributed by atoms with E-state index in [2.05, 4.69) is 27.7 Å². The van der Waals surface area contributed by atoms with Crippen LogP contribution in [-0.2, 0) is 9.53 Å². The summed E-state index contributed by atoms with van der Waals surface area (Å²) < 4.78 is 5.80. The van der Waals surface area contributed by atoms with Gasteiger partial charge in [0.1, 0.15) is 0 Å². The number of carbonyl (C=O) groups is 1. The van der Waals surface area contributed by atoms with E-state index in [4.69, 9.17) is 4.74 Å². The molecule has 0 aliphatic heterocycles. The number of aliphatic hydroxyl groups is 3. The van der Waals surface area contributed by atoms with Crippen molar-refractivity contribution < 1.29 is 24.9 Å². The van der Waals surface area contributed by atoms with Crippen LogP contribution in [0.1, 0.15) is 105 Å². The van der Waals surface area contributed by atoms with E-state index in [0.717, 1.165) is 31.6 Å². The molecule has 0 bridgehead atoms. The molecule has 34 heavy (non-hydrogen) atoms. The molecule has 4 fully saturated rings. The number of ether oxygens (including phenoxy) is 1. The number of rotatable bonds is 7. The Kier molecular flexibility index (Phi) is 7.51. The van der Waals surface area contributed by atoms with Gasteiger partial charge in [-0.2, -0.15) is 0 Å². The third kappa shape index (κ3) is 4.26. The van der Waals surface area contributed by atoms with E-state index in [1.54, 1.807) is 0 Å². The highest BCUT2D eigenvalue weighted by molar-refractivity contribution is 5.65. The van der Waals surface area contributed by atoms with Gasteiger partial charge >= 0.3 is 5.97 Å². The van der Waals surface area contributed by atoms with Gasteiger partial charge in [0, 0.05) is 24.2 Å². The average Bonchev–Trinajstić information content (AvgIpc) is 3.14. The Hall–Kier alpha value is -0.650. The zero-order chi connectivity index (χ0) is 24.9. The maximum atomic E-state index is 11.9. The number of fused-ring (bicyclic) bond motifs is 5. The van der Waals surface area contributed by atoms with Gasteiger partial charge in [-0.05, 0) is 80.5 Å². The van der Waals surface area contributed by atoms with E-state index in [0.29, 0.717) is 49.0 Å². The smallest absolute Gasteiger partial charge is 0.302 e. The third-order valence-electron chi connectivity index (χ3n) is 11.3. The SMILES string of the molecule is CC(=O)OC[C@]12CCC3C(C[C@@H](O)[C@@]4(O)C[C@@H](O)CC[C@]34C)C1CC[C@@H]2[C@H](C)CCCC(C)C. The first-order chi connectivity index (χ1) is 15.9. The van der Waals surface area contributed by atoms with Crippen LogP contribution in [0, 0.1) is 46.3 Å². The predicted molar refractivity (Wildman–Crippen MR) is 133 cm³/mol. The molecule has 5 heteroatoms. The topological polar surface area (TPSA) is 87.0 Å². The lowest BCUT2D eigenvalue weighted by molar-refractivity contribution is -0.267. The van der Waals surface area contributed by atoms with Gasteiger partial charge in [-0.25, -0.2) is 0 Å². The molecular formula is C29H50O5. The Bertz CT molecular complexity index is 738. The van der Waals surface area contributed by atoms with Crippen LogP contribution in [0.15, 0.2) is 0 Å². The van der Waals surface area contributed by atoms with Crippen molar-refractivity contribution in [3.63, 3.8) is 0 Å². The maximum Gasteiger partial charge on any atom is 0.302 e. The molecule has 3 unspecified atom stereocenters. The molecule has 0 spiro atoms. The highest BCUT2D eigenvalue weighted by Gasteiger charge is 2.68. The van der Waals surface area contributed by atoms with Gasteiger partial charge in [0.25, 0.3) is 0 Å². The van der Waals surface area contributed by atoms with Crippen molar-refractivity contribution in [1.29, 1.82) is 0 Å². The molecule has 0 radical (unpaired) electrons. The van der Waals surface area contributed by atoms with Crippen LogP contribution in [0.25, 0.3) is 0 Å². The van der Waals surface area contributed by atoms with E-state index in [9.17, 15) is 20.1 Å². The predicted octanol–water partition coefficient (Wildman–Crippen LogP) is 5.10. The van der Waals surface area contributed by atoms with Gasteiger partial charge in [0.15, 0.2) is 0 Å². The fraction of sp³-hybridized carbons (Fsp3) is 0.966. The van der Waals surface area contributed by atoms with Crippen molar-refractivity contribution >= 4 is 5.97 Å². The second kappa shape index (κ2) is 9.67. The van der Waals surface area contributed by atoms with Crippen LogP contribution in [0.3, 0.4) is 0 Å². The van der Waals surface area contributed by atoms with Crippen LogP contribution >= 0.6 is 0 Å². The molecule has 4 rings (SSSR count). The minimum absolute atomic E-state index is 0.0101. The molecule has 0 aromatic carbocycles. The summed E-state index contributed by atoms with van der Waals surface area (Å²) in [6.07, 6.45) is 9.11. The molecule has 0 aromatic rings. The van der Waals surface area contributed by atoms with Gasteiger partial charge in [0.05, 0.1) is 24.4 Å².